The van der Waals surface area contributed by atoms with Gasteiger partial charge in [0.25, 0.3) is 5.91 Å². The number of nitrogens with one attached hydrogen (secondary N) is 2. The summed E-state index contributed by atoms with van der Waals surface area (Å²) < 4.78 is 0. The highest BCUT2D eigenvalue weighted by Gasteiger charge is 2.16. The SMILES string of the molecule is O=C(O)NCc1ccccc1C(=O)Nc1ncc([N+](=O)[O-])s1. The number of amides is 2. The second-order valence-corrected chi connectivity index (χ2v) is 5.04. The number of carbonyl (C=O) groups excluding carboxylic acids is 1. The quantitative estimate of drug-likeness (QED) is 0.569. The van der Waals surface area contributed by atoms with Gasteiger partial charge in [-0.3, -0.25) is 20.2 Å². The van der Waals surface area contributed by atoms with Crippen LogP contribution in [0, 0.1) is 10.1 Å². The van der Waals surface area contributed by atoms with Gasteiger partial charge in [-0.05, 0) is 23.0 Å². The zero-order chi connectivity index (χ0) is 16.1. The van der Waals surface area contributed by atoms with Crippen LogP contribution in [-0.2, 0) is 6.54 Å². The number of hydrogen-bond acceptors (Lipinski definition) is 6. The largest absolute Gasteiger partial charge is 0.465 e. The van der Waals surface area contributed by atoms with Gasteiger partial charge >= 0.3 is 11.1 Å². The predicted molar refractivity (Wildman–Crippen MR) is 78.0 cm³/mol. The summed E-state index contributed by atoms with van der Waals surface area (Å²) in [5.74, 6) is -0.521. The van der Waals surface area contributed by atoms with Crippen molar-refractivity contribution in [1.82, 2.24) is 10.3 Å². The first-order valence-corrected chi connectivity index (χ1v) is 6.75. The standard InChI is InChI=1S/C12H10N4O5S/c17-10(15-11-13-6-9(22-11)16(20)21)8-4-2-1-3-7(8)5-14-12(18)19/h1-4,6,14H,5H2,(H,18,19)(H,13,15,17). The minimum absolute atomic E-state index is 0.0308. The lowest BCUT2D eigenvalue weighted by molar-refractivity contribution is -0.380. The average molecular weight is 322 g/mol. The van der Waals surface area contributed by atoms with Crippen LogP contribution in [0.3, 0.4) is 0 Å². The second-order valence-electron chi connectivity index (χ2n) is 4.03. The molecule has 2 rings (SSSR count). The zero-order valence-corrected chi connectivity index (χ0v) is 11.8. The van der Waals surface area contributed by atoms with E-state index >= 15 is 0 Å². The van der Waals surface area contributed by atoms with Gasteiger partial charge in [-0.1, -0.05) is 18.2 Å². The van der Waals surface area contributed by atoms with Crippen LogP contribution in [-0.4, -0.2) is 27.0 Å². The van der Waals surface area contributed by atoms with E-state index in [1.54, 1.807) is 18.2 Å². The lowest BCUT2D eigenvalue weighted by Gasteiger charge is -2.08. The molecule has 0 atom stereocenters. The van der Waals surface area contributed by atoms with Gasteiger partial charge in [0.15, 0.2) is 5.13 Å². The molecule has 0 unspecified atom stereocenters. The molecule has 10 heteroatoms. The Hall–Kier alpha value is -3.01. The number of aromatic nitrogens is 1. The van der Waals surface area contributed by atoms with Crippen molar-refractivity contribution in [3.05, 3.63) is 51.7 Å². The highest BCUT2D eigenvalue weighted by atomic mass is 32.1. The fourth-order valence-electron chi connectivity index (χ4n) is 1.64. The Morgan fingerprint density at radius 3 is 2.73 bits per heavy atom. The first-order chi connectivity index (χ1) is 10.5. The molecule has 9 nitrogen and oxygen atoms in total. The first-order valence-electron chi connectivity index (χ1n) is 5.93. The number of thiazole rings is 1. The molecule has 0 saturated carbocycles. The van der Waals surface area contributed by atoms with E-state index < -0.39 is 16.9 Å². The van der Waals surface area contributed by atoms with Crippen molar-refractivity contribution in [3.8, 4) is 0 Å². The van der Waals surface area contributed by atoms with E-state index in [0.717, 1.165) is 17.5 Å². The van der Waals surface area contributed by atoms with Crippen LogP contribution in [0.1, 0.15) is 15.9 Å². The van der Waals surface area contributed by atoms with Crippen LogP contribution < -0.4 is 10.6 Å². The van der Waals surface area contributed by atoms with Gasteiger partial charge in [0.1, 0.15) is 6.20 Å². The van der Waals surface area contributed by atoms with E-state index in [4.69, 9.17) is 5.11 Å². The molecule has 3 N–H and O–H groups in total. The molecule has 0 saturated heterocycles. The summed E-state index contributed by atoms with van der Waals surface area (Å²) >= 11 is 0.736. The first kappa shape index (κ1) is 15.4. The van der Waals surface area contributed by atoms with Crippen molar-refractivity contribution in [3.63, 3.8) is 0 Å². The Labute approximate surface area is 127 Å². The fourth-order valence-corrected chi connectivity index (χ4v) is 2.27. The Morgan fingerprint density at radius 2 is 2.09 bits per heavy atom. The van der Waals surface area contributed by atoms with Crippen LogP contribution in [0.4, 0.5) is 14.9 Å². The van der Waals surface area contributed by atoms with Gasteiger partial charge in [0.05, 0.1) is 4.92 Å². The molecule has 2 aromatic rings. The minimum Gasteiger partial charge on any atom is -0.465 e. The molecular formula is C12H10N4O5S. The second kappa shape index (κ2) is 6.63. The summed E-state index contributed by atoms with van der Waals surface area (Å²) in [5.41, 5.74) is 0.738. The smallest absolute Gasteiger partial charge is 0.404 e. The lowest BCUT2D eigenvalue weighted by atomic mass is 10.1. The molecule has 1 heterocycles. The van der Waals surface area contributed by atoms with E-state index in [-0.39, 0.29) is 22.2 Å². The maximum Gasteiger partial charge on any atom is 0.404 e. The molecule has 0 aliphatic heterocycles. The van der Waals surface area contributed by atoms with Crippen LogP contribution in [0.15, 0.2) is 30.5 Å². The molecule has 0 aliphatic rings. The summed E-state index contributed by atoms with van der Waals surface area (Å²) in [5, 5.41) is 23.7. The molecule has 1 aromatic heterocycles. The van der Waals surface area contributed by atoms with E-state index in [0.29, 0.717) is 5.56 Å². The summed E-state index contributed by atoms with van der Waals surface area (Å²) in [7, 11) is 0. The number of nitro groups is 1. The highest BCUT2D eigenvalue weighted by Crippen LogP contribution is 2.25. The van der Waals surface area contributed by atoms with E-state index in [2.05, 4.69) is 15.6 Å². The molecule has 0 fully saturated rings. The van der Waals surface area contributed by atoms with Crippen LogP contribution in [0.2, 0.25) is 0 Å². The Balaban J connectivity index is 2.14. The number of carboxylic acid groups (broad SMARTS) is 1. The van der Waals surface area contributed by atoms with Crippen molar-refractivity contribution in [2.24, 2.45) is 0 Å². The van der Waals surface area contributed by atoms with Crippen molar-refractivity contribution >= 4 is 33.5 Å². The molecule has 0 bridgehead atoms. The van der Waals surface area contributed by atoms with Gasteiger partial charge in [0.2, 0.25) is 0 Å². The molecule has 0 radical (unpaired) electrons. The van der Waals surface area contributed by atoms with Crippen LogP contribution in [0.5, 0.6) is 0 Å². The summed E-state index contributed by atoms with van der Waals surface area (Å²) in [4.78, 5) is 36.4. The molecule has 2 amide bonds. The van der Waals surface area contributed by atoms with Crippen LogP contribution >= 0.6 is 11.3 Å². The third-order valence-electron chi connectivity index (χ3n) is 2.59. The van der Waals surface area contributed by atoms with Gasteiger partial charge < -0.3 is 10.4 Å². The lowest BCUT2D eigenvalue weighted by Crippen LogP contribution is -2.22. The Kier molecular flexibility index (Phi) is 4.63. The molecular weight excluding hydrogens is 312 g/mol. The van der Waals surface area contributed by atoms with Gasteiger partial charge in [-0.2, -0.15) is 0 Å². The average Bonchev–Trinajstić information content (AvgIpc) is 2.94. The third kappa shape index (κ3) is 3.76. The summed E-state index contributed by atoms with van der Waals surface area (Å²) in [6, 6.07) is 6.43. The molecule has 0 aliphatic carbocycles. The number of benzene rings is 1. The fraction of sp³-hybridized carbons (Fsp3) is 0.0833. The van der Waals surface area contributed by atoms with E-state index in [1.807, 2.05) is 0 Å². The van der Waals surface area contributed by atoms with Crippen molar-refractivity contribution in [2.75, 3.05) is 5.32 Å². The van der Waals surface area contributed by atoms with Gasteiger partial charge in [0, 0.05) is 12.1 Å². The monoisotopic (exact) mass is 322 g/mol. The normalized spacial score (nSPS) is 10.0. The number of carbonyl (C=O) groups is 2. The van der Waals surface area contributed by atoms with Crippen molar-refractivity contribution in [1.29, 1.82) is 0 Å². The maximum atomic E-state index is 12.2. The molecule has 0 spiro atoms. The minimum atomic E-state index is -1.20. The Bertz CT molecular complexity index is 730. The number of hydrogen-bond donors (Lipinski definition) is 3. The predicted octanol–water partition coefficient (Wildman–Crippen LogP) is 2.07. The Morgan fingerprint density at radius 1 is 1.36 bits per heavy atom. The number of nitrogens with zero attached hydrogens (tertiary/aromatic N) is 2. The zero-order valence-electron chi connectivity index (χ0n) is 11.0. The summed E-state index contributed by atoms with van der Waals surface area (Å²) in [6.07, 6.45) is -0.149. The summed E-state index contributed by atoms with van der Waals surface area (Å²) in [6.45, 7) is -0.0308. The highest BCUT2D eigenvalue weighted by molar-refractivity contribution is 7.18. The topological polar surface area (TPSA) is 134 Å². The van der Waals surface area contributed by atoms with Crippen molar-refractivity contribution in [2.45, 2.75) is 6.54 Å². The van der Waals surface area contributed by atoms with Crippen molar-refractivity contribution < 1.29 is 19.6 Å². The maximum absolute atomic E-state index is 12.2. The number of anilines is 1. The van der Waals surface area contributed by atoms with Gasteiger partial charge in [-0.25, -0.2) is 9.78 Å². The molecule has 22 heavy (non-hydrogen) atoms. The molecule has 1 aromatic carbocycles. The van der Waals surface area contributed by atoms with E-state index in [1.165, 1.54) is 6.07 Å². The third-order valence-corrected chi connectivity index (χ3v) is 3.45. The number of rotatable bonds is 5. The molecule has 114 valence electrons. The van der Waals surface area contributed by atoms with Crippen LogP contribution in [0.25, 0.3) is 0 Å². The van der Waals surface area contributed by atoms with E-state index in [9.17, 15) is 19.7 Å². The van der Waals surface area contributed by atoms with Gasteiger partial charge in [-0.15, -0.1) is 0 Å².